The van der Waals surface area contributed by atoms with E-state index in [1.54, 1.807) is 24.1 Å². The highest BCUT2D eigenvalue weighted by molar-refractivity contribution is 7.99. The van der Waals surface area contributed by atoms with Crippen LogP contribution in [0.4, 0.5) is 11.4 Å². The molecule has 0 aromatic heterocycles. The molecule has 0 unspecified atom stereocenters. The van der Waals surface area contributed by atoms with E-state index in [1.807, 2.05) is 36.4 Å². The number of thioether (sulfide) groups is 1. The first-order chi connectivity index (χ1) is 19.3. The minimum atomic E-state index is -1.21. The third-order valence-corrected chi connectivity index (χ3v) is 8.48. The van der Waals surface area contributed by atoms with Gasteiger partial charge >= 0.3 is 5.97 Å². The number of nitrogens with zero attached hydrogens (tertiary/aromatic N) is 3. The molecule has 3 aromatic rings. The molecule has 4 rings (SSSR count). The predicted molar refractivity (Wildman–Crippen MR) is 155 cm³/mol. The Morgan fingerprint density at radius 2 is 1.80 bits per heavy atom. The van der Waals surface area contributed by atoms with E-state index in [-0.39, 0.29) is 22.2 Å². The Kier molecular flexibility index (Phi) is 9.67. The van der Waals surface area contributed by atoms with E-state index in [9.17, 15) is 19.7 Å². The topological polar surface area (TPSA) is 102 Å². The van der Waals surface area contributed by atoms with E-state index >= 15 is 0 Å². The van der Waals surface area contributed by atoms with Crippen LogP contribution in [-0.2, 0) is 9.53 Å². The summed E-state index contributed by atoms with van der Waals surface area (Å²) in [5.74, 6) is -0.551. The van der Waals surface area contributed by atoms with Crippen LogP contribution < -0.4 is 9.64 Å². The van der Waals surface area contributed by atoms with Crippen molar-refractivity contribution in [2.75, 3.05) is 38.2 Å². The van der Waals surface area contributed by atoms with Crippen LogP contribution in [0.25, 0.3) is 0 Å². The molecule has 0 bridgehead atoms. The number of amides is 1. The van der Waals surface area contributed by atoms with Crippen molar-refractivity contribution in [1.29, 1.82) is 0 Å². The van der Waals surface area contributed by atoms with E-state index in [0.717, 1.165) is 35.3 Å². The normalized spacial score (nSPS) is 16.8. The van der Waals surface area contributed by atoms with Gasteiger partial charge in [-0.25, -0.2) is 4.79 Å². The van der Waals surface area contributed by atoms with E-state index in [4.69, 9.17) is 21.1 Å². The summed E-state index contributed by atoms with van der Waals surface area (Å²) in [7, 11) is 1.57. The van der Waals surface area contributed by atoms with Gasteiger partial charge in [0.25, 0.3) is 11.6 Å². The zero-order valence-electron chi connectivity index (χ0n) is 22.4. The molecule has 40 heavy (non-hydrogen) atoms. The fraction of sp³-hybridized carbons (Fsp3) is 0.310. The Hall–Kier alpha value is -3.60. The van der Waals surface area contributed by atoms with Crippen molar-refractivity contribution < 1.29 is 24.0 Å². The van der Waals surface area contributed by atoms with Crippen LogP contribution in [0.15, 0.2) is 71.6 Å². The lowest BCUT2D eigenvalue weighted by Gasteiger charge is -2.29. The quantitative estimate of drug-likeness (QED) is 0.163. The van der Waals surface area contributed by atoms with Crippen molar-refractivity contribution in [1.82, 2.24) is 4.90 Å². The SMILES string of the molecule is CCN(CC)CCN1C(=O)[C@@H](OC(=O)c2ccc([N+](=O)[O-])cc2Cl)[C@@H](c2ccc(OC)cc2)Sc2ccccc21. The maximum absolute atomic E-state index is 14.3. The molecule has 0 saturated carbocycles. The number of nitro groups is 1. The lowest BCUT2D eigenvalue weighted by molar-refractivity contribution is -0.384. The first kappa shape index (κ1) is 29.4. The molecule has 0 fully saturated rings. The Morgan fingerprint density at radius 1 is 1.10 bits per heavy atom. The maximum atomic E-state index is 14.3. The summed E-state index contributed by atoms with van der Waals surface area (Å²) >= 11 is 7.67. The van der Waals surface area contributed by atoms with Crippen molar-refractivity contribution >= 4 is 46.6 Å². The Labute approximate surface area is 242 Å². The summed E-state index contributed by atoms with van der Waals surface area (Å²) in [5, 5.41) is 10.4. The first-order valence-corrected chi connectivity index (χ1v) is 14.1. The Balaban J connectivity index is 1.76. The molecule has 1 aliphatic heterocycles. The number of rotatable bonds is 10. The Morgan fingerprint density at radius 3 is 2.42 bits per heavy atom. The summed E-state index contributed by atoms with van der Waals surface area (Å²) in [6.07, 6.45) is -1.21. The molecular formula is C29H30ClN3O6S. The van der Waals surface area contributed by atoms with Crippen LogP contribution in [0.1, 0.15) is 35.0 Å². The molecule has 0 aliphatic carbocycles. The fourth-order valence-corrected chi connectivity index (χ4v) is 6.07. The highest BCUT2D eigenvalue weighted by atomic mass is 35.5. The van der Waals surface area contributed by atoms with Crippen molar-refractivity contribution in [3.05, 3.63) is 93.0 Å². The second-order valence-corrected chi connectivity index (χ2v) is 10.6. The van der Waals surface area contributed by atoms with Gasteiger partial charge in [-0.05, 0) is 49.0 Å². The predicted octanol–water partition coefficient (Wildman–Crippen LogP) is 6.00. The molecule has 0 spiro atoms. The van der Waals surface area contributed by atoms with Crippen LogP contribution in [0.2, 0.25) is 5.02 Å². The molecule has 210 valence electrons. The number of carbonyl (C=O) groups excluding carboxylic acids is 2. The van der Waals surface area contributed by atoms with Gasteiger partial charge in [-0.15, -0.1) is 11.8 Å². The number of fused-ring (bicyclic) bond motifs is 1. The molecule has 11 heteroatoms. The number of carbonyl (C=O) groups is 2. The molecule has 1 aliphatic rings. The zero-order chi connectivity index (χ0) is 28.8. The van der Waals surface area contributed by atoms with Gasteiger partial charge in [-0.3, -0.25) is 14.9 Å². The largest absolute Gasteiger partial charge is 0.497 e. The van der Waals surface area contributed by atoms with E-state index in [1.165, 1.54) is 23.9 Å². The third-order valence-electron chi connectivity index (χ3n) is 6.79. The first-order valence-electron chi connectivity index (χ1n) is 12.9. The number of non-ortho nitro benzene ring substituents is 1. The van der Waals surface area contributed by atoms with Gasteiger partial charge < -0.3 is 19.3 Å². The van der Waals surface area contributed by atoms with Gasteiger partial charge in [-0.2, -0.15) is 0 Å². The van der Waals surface area contributed by atoms with Crippen molar-refractivity contribution in [2.24, 2.45) is 0 Å². The number of hydrogen-bond acceptors (Lipinski definition) is 8. The fourth-order valence-electron chi connectivity index (χ4n) is 4.50. The number of esters is 1. The molecular weight excluding hydrogens is 554 g/mol. The highest BCUT2D eigenvalue weighted by Gasteiger charge is 2.41. The standard InChI is InChI=1S/C29H30ClN3O6S/c1-4-31(5-2)16-17-32-24-8-6-7-9-25(24)40-27(19-10-13-21(38-3)14-11-19)26(28(32)34)39-29(35)22-15-12-20(33(36)37)18-23(22)30/h6-15,18,26-27H,4-5,16-17H2,1-3H3/t26-,27+/m0/s1. The number of para-hydroxylation sites is 1. The minimum absolute atomic E-state index is 0.0602. The van der Waals surface area contributed by atoms with Gasteiger partial charge in [0.1, 0.15) is 5.75 Å². The molecule has 0 radical (unpaired) electrons. The summed E-state index contributed by atoms with van der Waals surface area (Å²) < 4.78 is 11.3. The molecule has 1 heterocycles. The smallest absolute Gasteiger partial charge is 0.340 e. The number of halogens is 1. The van der Waals surface area contributed by atoms with Gasteiger partial charge in [-0.1, -0.05) is 49.7 Å². The number of likely N-dealkylation sites (N-methyl/N-ethyl adjacent to an activating group) is 1. The van der Waals surface area contributed by atoms with E-state index < -0.39 is 22.2 Å². The lowest BCUT2D eigenvalue weighted by atomic mass is 10.0. The zero-order valence-corrected chi connectivity index (χ0v) is 24.0. The summed E-state index contributed by atoms with van der Waals surface area (Å²) in [6.45, 7) is 6.84. The van der Waals surface area contributed by atoms with Gasteiger partial charge in [0, 0.05) is 30.1 Å². The van der Waals surface area contributed by atoms with Crippen LogP contribution in [0.5, 0.6) is 5.75 Å². The average molecular weight is 584 g/mol. The molecule has 1 amide bonds. The van der Waals surface area contributed by atoms with Crippen LogP contribution >= 0.6 is 23.4 Å². The molecule has 0 N–H and O–H groups in total. The number of ether oxygens (including phenoxy) is 2. The van der Waals surface area contributed by atoms with Gasteiger partial charge in [0.2, 0.25) is 0 Å². The number of methoxy groups -OCH3 is 1. The molecule has 2 atom stereocenters. The van der Waals surface area contributed by atoms with Gasteiger partial charge in [0.15, 0.2) is 6.10 Å². The van der Waals surface area contributed by atoms with E-state index in [2.05, 4.69) is 18.7 Å². The molecule has 3 aromatic carbocycles. The maximum Gasteiger partial charge on any atom is 0.340 e. The third kappa shape index (κ3) is 6.41. The second kappa shape index (κ2) is 13.2. The highest BCUT2D eigenvalue weighted by Crippen LogP contribution is 2.47. The average Bonchev–Trinajstić information content (AvgIpc) is 3.08. The lowest BCUT2D eigenvalue weighted by Crippen LogP contribution is -2.46. The van der Waals surface area contributed by atoms with E-state index in [0.29, 0.717) is 18.8 Å². The van der Waals surface area contributed by atoms with Crippen LogP contribution in [0.3, 0.4) is 0 Å². The second-order valence-electron chi connectivity index (χ2n) is 9.04. The number of hydrogen-bond donors (Lipinski definition) is 0. The van der Waals surface area contributed by atoms with Crippen LogP contribution in [-0.4, -0.2) is 61.1 Å². The number of anilines is 1. The van der Waals surface area contributed by atoms with Crippen molar-refractivity contribution in [2.45, 2.75) is 30.1 Å². The number of benzene rings is 3. The van der Waals surface area contributed by atoms with Crippen molar-refractivity contribution in [3.8, 4) is 5.75 Å². The molecule has 0 saturated heterocycles. The van der Waals surface area contributed by atoms with Gasteiger partial charge in [0.05, 0.1) is 33.6 Å². The number of nitro benzene ring substituents is 1. The minimum Gasteiger partial charge on any atom is -0.497 e. The van der Waals surface area contributed by atoms with Crippen LogP contribution in [0, 0.1) is 10.1 Å². The monoisotopic (exact) mass is 583 g/mol. The Bertz CT molecular complexity index is 1380. The summed E-state index contributed by atoms with van der Waals surface area (Å²) in [6, 6.07) is 18.4. The summed E-state index contributed by atoms with van der Waals surface area (Å²) in [4.78, 5) is 43.0. The van der Waals surface area contributed by atoms with Crippen molar-refractivity contribution in [3.63, 3.8) is 0 Å². The molecule has 9 nitrogen and oxygen atoms in total. The summed E-state index contributed by atoms with van der Waals surface area (Å²) in [5.41, 5.74) is 1.20.